The van der Waals surface area contributed by atoms with Gasteiger partial charge >= 0.3 is 0 Å². The molecule has 21 heavy (non-hydrogen) atoms. The Balaban J connectivity index is 1.80. The fourth-order valence-electron chi connectivity index (χ4n) is 1.91. The molecule has 3 aromatic rings. The quantitative estimate of drug-likeness (QED) is 0.780. The zero-order valence-corrected chi connectivity index (χ0v) is 12.0. The Hall–Kier alpha value is -2.67. The first-order valence-electron chi connectivity index (χ1n) is 6.24. The van der Waals surface area contributed by atoms with Crippen LogP contribution in [0.25, 0.3) is 11.0 Å². The largest absolute Gasteiger partial charge is 0.318 e. The second-order valence-corrected chi connectivity index (χ2v) is 5.47. The van der Waals surface area contributed by atoms with Gasteiger partial charge in [-0.25, -0.2) is 9.66 Å². The molecule has 0 atom stereocenters. The third kappa shape index (κ3) is 2.77. The van der Waals surface area contributed by atoms with E-state index >= 15 is 0 Å². The van der Waals surface area contributed by atoms with Crippen molar-refractivity contribution in [1.29, 1.82) is 0 Å². The molecule has 0 aliphatic heterocycles. The number of thiophene rings is 1. The van der Waals surface area contributed by atoms with Crippen LogP contribution in [-0.4, -0.2) is 21.5 Å². The second kappa shape index (κ2) is 5.37. The number of carbonyl (C=O) groups excluding carboxylic acids is 2. The van der Waals surface area contributed by atoms with Gasteiger partial charge < -0.3 is 5.32 Å². The third-order valence-corrected chi connectivity index (χ3v) is 3.80. The summed E-state index contributed by atoms with van der Waals surface area (Å²) in [6.45, 7) is 1.43. The SMILES string of the molecule is CC(=O)Nc1ccc(C(=O)Nn2cnc3ccccc32)s1. The Morgan fingerprint density at radius 2 is 2.00 bits per heavy atom. The van der Waals surface area contributed by atoms with Crippen LogP contribution in [-0.2, 0) is 4.79 Å². The predicted molar refractivity (Wildman–Crippen MR) is 82.0 cm³/mol. The van der Waals surface area contributed by atoms with Gasteiger partial charge in [0.2, 0.25) is 5.91 Å². The van der Waals surface area contributed by atoms with Gasteiger partial charge in [0.1, 0.15) is 6.33 Å². The number of fused-ring (bicyclic) bond motifs is 1. The first kappa shape index (κ1) is 13.3. The third-order valence-electron chi connectivity index (χ3n) is 2.80. The summed E-state index contributed by atoms with van der Waals surface area (Å²) >= 11 is 1.22. The first-order valence-corrected chi connectivity index (χ1v) is 7.06. The number of benzene rings is 1. The summed E-state index contributed by atoms with van der Waals surface area (Å²) in [5.74, 6) is -0.413. The molecular formula is C14H12N4O2S. The summed E-state index contributed by atoms with van der Waals surface area (Å²) in [4.78, 5) is 27.9. The summed E-state index contributed by atoms with van der Waals surface area (Å²) < 4.78 is 1.58. The molecule has 0 fully saturated rings. The monoisotopic (exact) mass is 300 g/mol. The van der Waals surface area contributed by atoms with Gasteiger partial charge in [0.05, 0.1) is 20.9 Å². The smallest absolute Gasteiger partial charge is 0.280 e. The van der Waals surface area contributed by atoms with Gasteiger partial charge in [0, 0.05) is 6.92 Å². The van der Waals surface area contributed by atoms with Crippen LogP contribution in [0.4, 0.5) is 5.00 Å². The molecule has 0 unspecified atom stereocenters. The van der Waals surface area contributed by atoms with Crippen LogP contribution in [0, 0.1) is 0 Å². The lowest BCUT2D eigenvalue weighted by atomic mass is 10.3. The minimum atomic E-state index is -0.250. The van der Waals surface area contributed by atoms with Crippen LogP contribution in [0.15, 0.2) is 42.7 Å². The average Bonchev–Trinajstić information content (AvgIpc) is 3.06. The summed E-state index contributed by atoms with van der Waals surface area (Å²) in [5.41, 5.74) is 4.39. The lowest BCUT2D eigenvalue weighted by Gasteiger charge is -2.05. The summed E-state index contributed by atoms with van der Waals surface area (Å²) in [6.07, 6.45) is 1.56. The van der Waals surface area contributed by atoms with Crippen molar-refractivity contribution in [2.24, 2.45) is 0 Å². The molecule has 0 saturated heterocycles. The number of nitrogens with one attached hydrogen (secondary N) is 2. The molecule has 2 heterocycles. The second-order valence-electron chi connectivity index (χ2n) is 4.39. The van der Waals surface area contributed by atoms with Crippen LogP contribution in [0.2, 0.25) is 0 Å². The number of hydrogen-bond donors (Lipinski definition) is 2. The van der Waals surface area contributed by atoms with Gasteiger partial charge in [-0.1, -0.05) is 12.1 Å². The molecule has 3 rings (SSSR count). The lowest BCUT2D eigenvalue weighted by molar-refractivity contribution is -0.114. The van der Waals surface area contributed by atoms with Gasteiger partial charge in [-0.15, -0.1) is 11.3 Å². The Bertz CT molecular complexity index is 821. The van der Waals surface area contributed by atoms with E-state index in [1.807, 2.05) is 24.3 Å². The molecule has 106 valence electrons. The van der Waals surface area contributed by atoms with Gasteiger partial charge in [0.15, 0.2) is 0 Å². The molecular weight excluding hydrogens is 288 g/mol. The number of amides is 2. The number of anilines is 1. The molecule has 2 amide bonds. The number of nitrogens with zero attached hydrogens (tertiary/aromatic N) is 2. The first-order chi connectivity index (χ1) is 10.1. The van der Waals surface area contributed by atoms with Crippen LogP contribution >= 0.6 is 11.3 Å². The van der Waals surface area contributed by atoms with E-state index < -0.39 is 0 Å². The number of aromatic nitrogens is 2. The summed E-state index contributed by atoms with van der Waals surface area (Å²) in [7, 11) is 0. The fraction of sp³-hybridized carbons (Fsp3) is 0.0714. The Labute approximate surface area is 124 Å². The van der Waals surface area contributed by atoms with E-state index in [9.17, 15) is 9.59 Å². The molecule has 0 bridgehead atoms. The van der Waals surface area contributed by atoms with Crippen molar-refractivity contribution in [3.8, 4) is 0 Å². The van der Waals surface area contributed by atoms with Crippen molar-refractivity contribution in [2.75, 3.05) is 10.7 Å². The normalized spacial score (nSPS) is 10.5. The number of imidazole rings is 1. The van der Waals surface area contributed by atoms with Crippen LogP contribution in [0.1, 0.15) is 16.6 Å². The zero-order valence-electron chi connectivity index (χ0n) is 11.2. The molecule has 0 radical (unpaired) electrons. The molecule has 0 aliphatic carbocycles. The zero-order chi connectivity index (χ0) is 14.8. The van der Waals surface area contributed by atoms with Crippen LogP contribution in [0.3, 0.4) is 0 Å². The summed E-state index contributed by atoms with van der Waals surface area (Å²) in [6, 6.07) is 10.9. The minimum Gasteiger partial charge on any atom is -0.318 e. The van der Waals surface area contributed by atoms with E-state index in [1.165, 1.54) is 18.3 Å². The highest BCUT2D eigenvalue weighted by atomic mass is 32.1. The van der Waals surface area contributed by atoms with E-state index in [1.54, 1.807) is 23.1 Å². The van der Waals surface area contributed by atoms with Crippen molar-refractivity contribution in [1.82, 2.24) is 9.66 Å². The molecule has 7 heteroatoms. The molecule has 0 saturated carbocycles. The van der Waals surface area contributed by atoms with Crippen LogP contribution < -0.4 is 10.7 Å². The molecule has 2 aromatic heterocycles. The molecule has 0 spiro atoms. The van der Waals surface area contributed by atoms with E-state index in [-0.39, 0.29) is 11.8 Å². The van der Waals surface area contributed by atoms with Crippen molar-refractivity contribution in [3.63, 3.8) is 0 Å². The van der Waals surface area contributed by atoms with Gasteiger partial charge in [0.25, 0.3) is 5.91 Å². The van der Waals surface area contributed by atoms with Crippen molar-refractivity contribution >= 4 is 39.2 Å². The number of carbonyl (C=O) groups is 2. The standard InChI is InChI=1S/C14H12N4O2S/c1-9(19)16-13-7-6-12(21-13)14(20)17-18-8-15-10-4-2-3-5-11(10)18/h2-8H,1H3,(H,16,19)(H,17,20). The van der Waals surface area contributed by atoms with E-state index in [2.05, 4.69) is 15.7 Å². The van der Waals surface area contributed by atoms with Gasteiger partial charge in [-0.3, -0.25) is 15.0 Å². The Morgan fingerprint density at radius 3 is 2.81 bits per heavy atom. The number of para-hydroxylation sites is 2. The topological polar surface area (TPSA) is 76.0 Å². The molecule has 2 N–H and O–H groups in total. The summed E-state index contributed by atoms with van der Waals surface area (Å²) in [5, 5.41) is 3.29. The highest BCUT2D eigenvalue weighted by Gasteiger charge is 2.11. The molecule has 0 aliphatic rings. The van der Waals surface area contributed by atoms with E-state index in [0.29, 0.717) is 9.88 Å². The maximum absolute atomic E-state index is 12.2. The van der Waals surface area contributed by atoms with E-state index in [0.717, 1.165) is 11.0 Å². The maximum atomic E-state index is 12.2. The predicted octanol–water partition coefficient (Wildman–Crippen LogP) is 2.44. The van der Waals surface area contributed by atoms with Crippen molar-refractivity contribution < 1.29 is 9.59 Å². The lowest BCUT2D eigenvalue weighted by Crippen LogP contribution is -2.21. The molecule has 1 aromatic carbocycles. The van der Waals surface area contributed by atoms with Gasteiger partial charge in [-0.05, 0) is 24.3 Å². The minimum absolute atomic E-state index is 0.163. The molecule has 6 nitrogen and oxygen atoms in total. The van der Waals surface area contributed by atoms with Crippen LogP contribution in [0.5, 0.6) is 0 Å². The maximum Gasteiger partial charge on any atom is 0.280 e. The fourth-order valence-corrected chi connectivity index (χ4v) is 2.76. The number of hydrogen-bond acceptors (Lipinski definition) is 4. The number of rotatable bonds is 3. The Morgan fingerprint density at radius 1 is 1.19 bits per heavy atom. The van der Waals surface area contributed by atoms with Gasteiger partial charge in [-0.2, -0.15) is 0 Å². The highest BCUT2D eigenvalue weighted by Crippen LogP contribution is 2.22. The Kier molecular flexibility index (Phi) is 3.41. The van der Waals surface area contributed by atoms with Crippen molar-refractivity contribution in [3.05, 3.63) is 47.6 Å². The average molecular weight is 300 g/mol. The van der Waals surface area contributed by atoms with E-state index in [4.69, 9.17) is 0 Å². The highest BCUT2D eigenvalue weighted by molar-refractivity contribution is 7.18. The van der Waals surface area contributed by atoms with Crippen molar-refractivity contribution in [2.45, 2.75) is 6.92 Å².